The van der Waals surface area contributed by atoms with Crippen LogP contribution in [0.5, 0.6) is 0 Å². The molecule has 3 N–H and O–H groups in total. The van der Waals surface area contributed by atoms with E-state index in [9.17, 15) is 20.1 Å². The fraction of sp³-hybridized carbons (Fsp3) is 0.604. The molecular weight excluding hydrogens is 873 g/mol. The summed E-state index contributed by atoms with van der Waals surface area (Å²) >= 11 is 0. The van der Waals surface area contributed by atoms with E-state index in [-0.39, 0.29) is 67.2 Å². The molecule has 7 rings (SSSR count). The normalized spacial score (nSPS) is 36.3. The lowest BCUT2D eigenvalue weighted by Gasteiger charge is -2.44. The standard InChI is InChI=1S/C53H72N2O13/c1-9-12-38(60-7)18-17-31(2)21-44(57)47-26-42(61-8)27-53(59,68-47)28-49-54-36(29-62-49)22-33(4)51-35(6)52-34(5)45(66-51)14-11-15-48-55-43(30-63-48)46-24-37(56)23-41(65-46)25-40-20-32(3)19-39(64-40)13-10-16-50(58)67-52/h9-11,15-18,21-22,29-30,34-35,37-42,44-47,51-52,56-57,59H,1,3,12-14,19-20,23-28H2,2,4-8H3/b15-11+,16-10-,18-17+,31-21+,33-22+/t34-,35-,37+,38+,39-,40+,41-,42+,44+,45+,46+,47+,51-,52-,53-/m0/s1. The minimum absolute atomic E-state index is 0.0825. The summed E-state index contributed by atoms with van der Waals surface area (Å²) in [7, 11) is 3.21. The van der Waals surface area contributed by atoms with Crippen LogP contribution in [0.25, 0.3) is 12.2 Å². The molecule has 8 bridgehead atoms. The van der Waals surface area contributed by atoms with Gasteiger partial charge in [0.15, 0.2) is 11.7 Å². The molecule has 5 aliphatic rings. The first kappa shape index (κ1) is 51.6. The number of carbonyl (C=O) groups excluding carboxylic acids is 1. The summed E-state index contributed by atoms with van der Waals surface area (Å²) in [5.74, 6) is -1.94. The van der Waals surface area contributed by atoms with Crippen LogP contribution in [0.15, 0.2) is 93.8 Å². The molecule has 2 aromatic heterocycles. The smallest absolute Gasteiger partial charge is 0.330 e. The number of fused-ring (bicyclic) bond motifs is 9. The Morgan fingerprint density at radius 2 is 1.76 bits per heavy atom. The third-order valence-electron chi connectivity index (χ3n) is 13.8. The summed E-state index contributed by atoms with van der Waals surface area (Å²) in [4.78, 5) is 23.0. The predicted octanol–water partition coefficient (Wildman–Crippen LogP) is 8.04. The zero-order valence-corrected chi connectivity index (χ0v) is 40.4. The Labute approximate surface area is 400 Å². The molecule has 0 radical (unpaired) electrons. The summed E-state index contributed by atoms with van der Waals surface area (Å²) in [6.07, 6.45) is 19.2. The molecule has 4 saturated heterocycles. The van der Waals surface area contributed by atoms with Crippen molar-refractivity contribution >= 4 is 18.1 Å². The van der Waals surface area contributed by atoms with Gasteiger partial charge in [0.25, 0.3) is 0 Å². The van der Waals surface area contributed by atoms with Crippen molar-refractivity contribution in [2.45, 2.75) is 177 Å². The lowest BCUT2D eigenvalue weighted by Crippen LogP contribution is -2.51. The molecule has 0 spiro atoms. The number of hydrogen-bond donors (Lipinski definition) is 3. The molecule has 15 heteroatoms. The minimum atomic E-state index is -1.73. The van der Waals surface area contributed by atoms with Gasteiger partial charge >= 0.3 is 5.97 Å². The van der Waals surface area contributed by atoms with Crippen molar-refractivity contribution in [1.82, 2.24) is 9.97 Å². The van der Waals surface area contributed by atoms with Gasteiger partial charge in [0, 0.05) is 57.8 Å². The van der Waals surface area contributed by atoms with Gasteiger partial charge in [0.2, 0.25) is 5.89 Å². The van der Waals surface area contributed by atoms with Gasteiger partial charge in [0.05, 0.1) is 67.5 Å². The highest BCUT2D eigenvalue weighted by atomic mass is 16.6. The Morgan fingerprint density at radius 1 is 0.971 bits per heavy atom. The number of aliphatic hydroxyl groups excluding tert-OH is 2. The summed E-state index contributed by atoms with van der Waals surface area (Å²) in [6, 6.07) is 0. The van der Waals surface area contributed by atoms with Crippen molar-refractivity contribution < 1.29 is 62.1 Å². The second-order valence-corrected chi connectivity index (χ2v) is 19.4. The maximum Gasteiger partial charge on any atom is 0.330 e. The second-order valence-electron chi connectivity index (χ2n) is 19.4. The molecule has 0 aromatic carbocycles. The van der Waals surface area contributed by atoms with Gasteiger partial charge in [-0.15, -0.1) is 6.58 Å². The highest BCUT2D eigenvalue weighted by Crippen LogP contribution is 2.40. The summed E-state index contributed by atoms with van der Waals surface area (Å²) in [5, 5.41) is 33.9. The maximum atomic E-state index is 13.5. The molecule has 372 valence electrons. The zero-order chi connectivity index (χ0) is 48.5. The van der Waals surface area contributed by atoms with E-state index in [4.69, 9.17) is 52.0 Å². The molecule has 0 unspecified atom stereocenters. The number of rotatable bonds is 12. The Morgan fingerprint density at radius 3 is 2.54 bits per heavy atom. The van der Waals surface area contributed by atoms with Crippen molar-refractivity contribution in [3.63, 3.8) is 0 Å². The summed E-state index contributed by atoms with van der Waals surface area (Å²) in [6.45, 7) is 15.9. The lowest BCUT2D eigenvalue weighted by atomic mass is 9.79. The van der Waals surface area contributed by atoms with Crippen LogP contribution in [0.4, 0.5) is 0 Å². The van der Waals surface area contributed by atoms with Gasteiger partial charge in [-0.1, -0.05) is 68.0 Å². The SMILES string of the molecule is C=CC[C@H](/C=C/C(C)=C/[C@@H](O)[C@H]1C[C@@H](OC)C[C@@](O)(Cc2nc(/C=C(\C)[C@@H]3O[C@@H]4C/C=C/c5nc(co5)[C@H]5C[C@H](O)C[C@@H](C[C@H]6CC(=C)C[C@H](C/C=C\C(=O)O[C@@H]([C@H]4C)[C@H]3C)O6)O5)co2)O1)OC. The molecule has 0 aliphatic carbocycles. The Hall–Kier alpha value is -4.29. The van der Waals surface area contributed by atoms with Crippen LogP contribution in [-0.4, -0.2) is 118 Å². The second kappa shape index (κ2) is 23.5. The maximum absolute atomic E-state index is 13.5. The number of aromatic nitrogens is 2. The van der Waals surface area contributed by atoms with Crippen molar-refractivity contribution in [2.75, 3.05) is 14.2 Å². The number of ether oxygens (including phenoxy) is 7. The van der Waals surface area contributed by atoms with Gasteiger partial charge in [-0.3, -0.25) is 0 Å². The molecule has 68 heavy (non-hydrogen) atoms. The summed E-state index contributed by atoms with van der Waals surface area (Å²) in [5.41, 5.74) is 3.86. The Bertz CT molecular complexity index is 2170. The van der Waals surface area contributed by atoms with Crippen molar-refractivity contribution in [3.8, 4) is 0 Å². The van der Waals surface area contributed by atoms with E-state index >= 15 is 0 Å². The van der Waals surface area contributed by atoms with Gasteiger partial charge < -0.3 is 57.3 Å². The molecule has 15 atom stereocenters. The van der Waals surface area contributed by atoms with Gasteiger partial charge in [-0.05, 0) is 70.1 Å². The van der Waals surface area contributed by atoms with Crippen LogP contribution >= 0.6 is 0 Å². The molecule has 15 nitrogen and oxygen atoms in total. The number of methoxy groups -OCH3 is 2. The van der Waals surface area contributed by atoms with Crippen LogP contribution in [-0.2, 0) is 44.4 Å². The van der Waals surface area contributed by atoms with E-state index < -0.39 is 48.4 Å². The fourth-order valence-corrected chi connectivity index (χ4v) is 10.3. The number of oxazole rings is 2. The van der Waals surface area contributed by atoms with Crippen LogP contribution in [0, 0.1) is 11.8 Å². The molecule has 2 aromatic rings. The van der Waals surface area contributed by atoms with Gasteiger partial charge in [0.1, 0.15) is 36.1 Å². The van der Waals surface area contributed by atoms with Crippen LogP contribution in [0.1, 0.15) is 121 Å². The van der Waals surface area contributed by atoms with Gasteiger partial charge in [-0.2, -0.15) is 0 Å². The van der Waals surface area contributed by atoms with Gasteiger partial charge in [-0.25, -0.2) is 14.8 Å². The first-order valence-electron chi connectivity index (χ1n) is 24.1. The molecule has 7 heterocycles. The lowest BCUT2D eigenvalue weighted by molar-refractivity contribution is -0.286. The van der Waals surface area contributed by atoms with E-state index in [0.717, 1.165) is 16.7 Å². The number of esters is 1. The van der Waals surface area contributed by atoms with Crippen molar-refractivity contribution in [1.29, 1.82) is 0 Å². The Balaban J connectivity index is 1.07. The van der Waals surface area contributed by atoms with Crippen molar-refractivity contribution in [3.05, 3.63) is 108 Å². The Kier molecular flexibility index (Phi) is 17.9. The number of hydrogen-bond acceptors (Lipinski definition) is 15. The average Bonchev–Trinajstić information content (AvgIpc) is 3.95. The molecule has 4 fully saturated rings. The summed E-state index contributed by atoms with van der Waals surface area (Å²) < 4.78 is 55.1. The fourth-order valence-electron chi connectivity index (χ4n) is 10.3. The third-order valence-corrected chi connectivity index (χ3v) is 13.8. The minimum Gasteiger partial charge on any atom is -0.458 e. The van der Waals surface area contributed by atoms with E-state index in [0.29, 0.717) is 75.1 Å². The van der Waals surface area contributed by atoms with E-state index in [1.54, 1.807) is 38.7 Å². The largest absolute Gasteiger partial charge is 0.458 e. The van der Waals surface area contributed by atoms with Crippen LogP contribution < -0.4 is 0 Å². The van der Waals surface area contributed by atoms with E-state index in [1.165, 1.54) is 12.3 Å². The predicted molar refractivity (Wildman–Crippen MR) is 254 cm³/mol. The average molecular weight is 945 g/mol. The van der Waals surface area contributed by atoms with E-state index in [1.807, 2.05) is 58.1 Å². The highest BCUT2D eigenvalue weighted by molar-refractivity contribution is 5.82. The molecular formula is C53H72N2O13. The van der Waals surface area contributed by atoms with Crippen molar-refractivity contribution in [2.24, 2.45) is 11.8 Å². The topological polar surface area (TPSA) is 194 Å². The molecule has 0 amide bonds. The first-order valence-corrected chi connectivity index (χ1v) is 24.1. The third kappa shape index (κ3) is 13.7. The van der Waals surface area contributed by atoms with Crippen LogP contribution in [0.2, 0.25) is 0 Å². The monoisotopic (exact) mass is 945 g/mol. The number of aliphatic hydroxyl groups is 3. The number of nitrogens with zero attached hydrogens (tertiary/aromatic N) is 2. The number of allylic oxidation sites excluding steroid dienone is 2. The first-order chi connectivity index (χ1) is 32.6. The van der Waals surface area contributed by atoms with E-state index in [2.05, 4.69) is 13.2 Å². The molecule has 0 saturated carbocycles. The molecule has 5 aliphatic heterocycles. The zero-order valence-electron chi connectivity index (χ0n) is 40.4. The number of carbonyl (C=O) groups is 1. The quantitative estimate of drug-likeness (QED) is 0.105. The highest BCUT2D eigenvalue weighted by Gasteiger charge is 2.45. The van der Waals surface area contributed by atoms with Crippen LogP contribution in [0.3, 0.4) is 0 Å².